The Morgan fingerprint density at radius 3 is 2.62 bits per heavy atom. The van der Waals surface area contributed by atoms with E-state index in [0.29, 0.717) is 26.2 Å². The minimum atomic E-state index is -4.20. The minimum absolute atomic E-state index is 0.00764. The number of likely N-dealkylation sites (tertiary alicyclic amines) is 1. The van der Waals surface area contributed by atoms with E-state index in [2.05, 4.69) is 0 Å². The van der Waals surface area contributed by atoms with Gasteiger partial charge in [0.05, 0.1) is 6.61 Å². The molecule has 0 aliphatic carbocycles. The van der Waals surface area contributed by atoms with E-state index in [0.717, 1.165) is 0 Å². The zero-order valence-corrected chi connectivity index (χ0v) is 9.52. The molecule has 1 aliphatic rings. The van der Waals surface area contributed by atoms with E-state index in [4.69, 9.17) is 10.5 Å². The molecule has 1 rings (SSSR count). The van der Waals surface area contributed by atoms with Crippen LogP contribution in [-0.2, 0) is 4.74 Å². The molecule has 1 aliphatic heterocycles. The van der Waals surface area contributed by atoms with Crippen molar-refractivity contribution in [2.75, 3.05) is 39.4 Å². The maximum absolute atomic E-state index is 13.0. The van der Waals surface area contributed by atoms with Crippen LogP contribution in [0.25, 0.3) is 0 Å². The fourth-order valence-corrected chi connectivity index (χ4v) is 2.06. The normalized spacial score (nSPS) is 27.6. The van der Waals surface area contributed by atoms with Crippen LogP contribution in [0, 0.1) is 5.41 Å². The van der Waals surface area contributed by atoms with E-state index in [-0.39, 0.29) is 19.6 Å². The molecule has 0 radical (unpaired) electrons. The van der Waals surface area contributed by atoms with Gasteiger partial charge >= 0.3 is 6.18 Å². The van der Waals surface area contributed by atoms with Crippen LogP contribution in [0.4, 0.5) is 13.2 Å². The van der Waals surface area contributed by atoms with E-state index in [1.807, 2.05) is 0 Å². The highest BCUT2D eigenvalue weighted by molar-refractivity contribution is 4.95. The van der Waals surface area contributed by atoms with Gasteiger partial charge in [-0.05, 0) is 19.9 Å². The Balaban J connectivity index is 2.67. The molecule has 0 spiro atoms. The Kier molecular flexibility index (Phi) is 4.58. The fourth-order valence-electron chi connectivity index (χ4n) is 2.06. The Bertz CT molecular complexity index is 223. The second-order valence-corrected chi connectivity index (χ2v) is 4.23. The molecular weight excluding hydrogens is 221 g/mol. The van der Waals surface area contributed by atoms with Crippen molar-refractivity contribution in [3.8, 4) is 0 Å². The lowest BCUT2D eigenvalue weighted by Gasteiger charge is -2.31. The average molecular weight is 240 g/mol. The topological polar surface area (TPSA) is 38.5 Å². The summed E-state index contributed by atoms with van der Waals surface area (Å²) < 4.78 is 44.0. The van der Waals surface area contributed by atoms with E-state index in [1.165, 1.54) is 0 Å². The molecule has 0 bridgehead atoms. The number of hydrogen-bond acceptors (Lipinski definition) is 3. The van der Waals surface area contributed by atoms with Gasteiger partial charge in [-0.25, -0.2) is 0 Å². The number of hydrogen-bond donors (Lipinski definition) is 1. The van der Waals surface area contributed by atoms with Crippen LogP contribution in [0.5, 0.6) is 0 Å². The fraction of sp³-hybridized carbons (Fsp3) is 1.00. The number of nitrogens with two attached hydrogens (primary N) is 1. The van der Waals surface area contributed by atoms with Gasteiger partial charge in [-0.1, -0.05) is 0 Å². The van der Waals surface area contributed by atoms with Crippen molar-refractivity contribution in [1.82, 2.24) is 4.90 Å². The van der Waals surface area contributed by atoms with Crippen molar-refractivity contribution in [3.05, 3.63) is 0 Å². The maximum Gasteiger partial charge on any atom is 0.397 e. The summed E-state index contributed by atoms with van der Waals surface area (Å²) in [5, 5.41) is 0. The molecule has 0 saturated carbocycles. The molecule has 6 heteroatoms. The van der Waals surface area contributed by atoms with Crippen molar-refractivity contribution in [2.24, 2.45) is 11.1 Å². The third-order valence-electron chi connectivity index (χ3n) is 3.06. The predicted octanol–water partition coefficient (Wildman–Crippen LogP) is 1.24. The lowest BCUT2D eigenvalue weighted by atomic mass is 9.87. The first-order chi connectivity index (χ1) is 7.45. The summed E-state index contributed by atoms with van der Waals surface area (Å²) in [5.41, 5.74) is 3.66. The molecule has 0 aromatic heterocycles. The van der Waals surface area contributed by atoms with Gasteiger partial charge in [0.15, 0.2) is 0 Å². The molecule has 0 amide bonds. The average Bonchev–Trinajstić information content (AvgIpc) is 2.60. The van der Waals surface area contributed by atoms with Crippen LogP contribution >= 0.6 is 0 Å². The smallest absolute Gasteiger partial charge is 0.381 e. The molecule has 2 N–H and O–H groups in total. The number of halogens is 3. The first-order valence-corrected chi connectivity index (χ1v) is 5.52. The molecule has 1 saturated heterocycles. The third-order valence-corrected chi connectivity index (χ3v) is 3.06. The Morgan fingerprint density at radius 2 is 2.12 bits per heavy atom. The zero-order chi connectivity index (χ0) is 12.2. The number of ether oxygens (including phenoxy) is 1. The summed E-state index contributed by atoms with van der Waals surface area (Å²) in [6.07, 6.45) is -4.10. The van der Waals surface area contributed by atoms with Crippen molar-refractivity contribution in [2.45, 2.75) is 19.5 Å². The van der Waals surface area contributed by atoms with Crippen LogP contribution in [0.2, 0.25) is 0 Å². The first kappa shape index (κ1) is 13.7. The molecule has 3 nitrogen and oxygen atoms in total. The van der Waals surface area contributed by atoms with E-state index in [9.17, 15) is 13.2 Å². The predicted molar refractivity (Wildman–Crippen MR) is 55.1 cm³/mol. The molecule has 1 atom stereocenters. The van der Waals surface area contributed by atoms with E-state index >= 15 is 0 Å². The standard InChI is InChI=1S/C10H19F3N2O/c1-2-16-8-9(10(11,12)13)3-5-15(7-9)6-4-14/h2-8,14H2,1H3/t9-/m0/s1. The molecule has 96 valence electrons. The van der Waals surface area contributed by atoms with Crippen molar-refractivity contribution in [3.63, 3.8) is 0 Å². The zero-order valence-electron chi connectivity index (χ0n) is 9.52. The largest absolute Gasteiger partial charge is 0.397 e. The van der Waals surface area contributed by atoms with Crippen LogP contribution in [0.3, 0.4) is 0 Å². The highest BCUT2D eigenvalue weighted by Crippen LogP contribution is 2.45. The van der Waals surface area contributed by atoms with Crippen molar-refractivity contribution < 1.29 is 17.9 Å². The highest BCUT2D eigenvalue weighted by Gasteiger charge is 2.57. The second kappa shape index (κ2) is 5.33. The molecular formula is C10H19F3N2O. The summed E-state index contributed by atoms with van der Waals surface area (Å²) in [7, 11) is 0. The van der Waals surface area contributed by atoms with E-state index in [1.54, 1.807) is 11.8 Å². The van der Waals surface area contributed by atoms with Crippen LogP contribution in [-0.4, -0.2) is 50.5 Å². The van der Waals surface area contributed by atoms with Gasteiger partial charge in [-0.15, -0.1) is 0 Å². The van der Waals surface area contributed by atoms with Crippen molar-refractivity contribution in [1.29, 1.82) is 0 Å². The summed E-state index contributed by atoms with van der Waals surface area (Å²) in [4.78, 5) is 1.76. The lowest BCUT2D eigenvalue weighted by molar-refractivity contribution is -0.234. The maximum atomic E-state index is 13.0. The van der Waals surface area contributed by atoms with Gasteiger partial charge in [0.1, 0.15) is 5.41 Å². The Morgan fingerprint density at radius 1 is 1.44 bits per heavy atom. The molecule has 0 unspecified atom stereocenters. The lowest BCUT2D eigenvalue weighted by Crippen LogP contribution is -2.45. The number of alkyl halides is 3. The van der Waals surface area contributed by atoms with Crippen LogP contribution in [0.1, 0.15) is 13.3 Å². The third kappa shape index (κ3) is 2.87. The molecule has 0 aromatic rings. The monoisotopic (exact) mass is 240 g/mol. The van der Waals surface area contributed by atoms with Gasteiger partial charge in [0.2, 0.25) is 0 Å². The summed E-state index contributed by atoms with van der Waals surface area (Å²) in [6, 6.07) is 0. The molecule has 16 heavy (non-hydrogen) atoms. The molecule has 1 fully saturated rings. The highest BCUT2D eigenvalue weighted by atomic mass is 19.4. The quantitative estimate of drug-likeness (QED) is 0.785. The second-order valence-electron chi connectivity index (χ2n) is 4.23. The van der Waals surface area contributed by atoms with Crippen LogP contribution in [0.15, 0.2) is 0 Å². The Labute approximate surface area is 93.7 Å². The minimum Gasteiger partial charge on any atom is -0.381 e. The summed E-state index contributed by atoms with van der Waals surface area (Å²) >= 11 is 0. The van der Waals surface area contributed by atoms with E-state index < -0.39 is 11.6 Å². The SMILES string of the molecule is CCOC[C@]1(C(F)(F)F)CCN(CCN)C1. The van der Waals surface area contributed by atoms with Gasteiger partial charge in [-0.3, -0.25) is 0 Å². The van der Waals surface area contributed by atoms with Crippen LogP contribution < -0.4 is 5.73 Å². The van der Waals surface area contributed by atoms with Gasteiger partial charge in [0, 0.05) is 26.2 Å². The number of nitrogens with zero attached hydrogens (tertiary/aromatic N) is 1. The van der Waals surface area contributed by atoms with Crippen molar-refractivity contribution >= 4 is 0 Å². The van der Waals surface area contributed by atoms with Gasteiger partial charge in [0.25, 0.3) is 0 Å². The molecule has 1 heterocycles. The Hall–Kier alpha value is -0.330. The van der Waals surface area contributed by atoms with Gasteiger partial charge < -0.3 is 15.4 Å². The first-order valence-electron chi connectivity index (χ1n) is 5.52. The summed E-state index contributed by atoms with van der Waals surface area (Å²) in [6.45, 7) is 3.14. The van der Waals surface area contributed by atoms with Gasteiger partial charge in [-0.2, -0.15) is 13.2 Å². The summed E-state index contributed by atoms with van der Waals surface area (Å²) in [5.74, 6) is 0. The molecule has 0 aromatic carbocycles. The number of rotatable bonds is 5.